The zero-order valence-corrected chi connectivity index (χ0v) is 11.7. The van der Waals surface area contributed by atoms with Crippen molar-refractivity contribution < 1.29 is 4.79 Å². The molecule has 0 radical (unpaired) electrons. The fourth-order valence-corrected chi connectivity index (χ4v) is 2.80. The van der Waals surface area contributed by atoms with Crippen molar-refractivity contribution in [2.45, 2.75) is 13.0 Å². The molecule has 4 nitrogen and oxygen atoms in total. The molecule has 2 heterocycles. The van der Waals surface area contributed by atoms with Gasteiger partial charge in [0, 0.05) is 12.4 Å². The summed E-state index contributed by atoms with van der Waals surface area (Å²) < 4.78 is 0.921. The van der Waals surface area contributed by atoms with Gasteiger partial charge in [0.1, 0.15) is 0 Å². The highest BCUT2D eigenvalue weighted by atomic mass is 32.1. The van der Waals surface area contributed by atoms with Gasteiger partial charge in [-0.05, 0) is 18.6 Å². The molecule has 1 atom stereocenters. The average molecular weight is 283 g/mol. The van der Waals surface area contributed by atoms with Crippen LogP contribution in [0.15, 0.2) is 48.8 Å². The van der Waals surface area contributed by atoms with Crippen LogP contribution in [-0.2, 0) is 0 Å². The number of carbonyl (C=O) groups excluding carboxylic acids is 1. The van der Waals surface area contributed by atoms with Gasteiger partial charge in [-0.25, -0.2) is 4.98 Å². The Labute approximate surface area is 120 Å². The Kier molecular flexibility index (Phi) is 3.43. The molecule has 2 aromatic heterocycles. The van der Waals surface area contributed by atoms with E-state index in [0.29, 0.717) is 5.01 Å². The van der Waals surface area contributed by atoms with Crippen molar-refractivity contribution >= 4 is 27.5 Å². The third-order valence-corrected chi connectivity index (χ3v) is 4.04. The number of nitrogens with one attached hydrogen (secondary N) is 1. The van der Waals surface area contributed by atoms with Gasteiger partial charge in [0.25, 0.3) is 5.91 Å². The molecule has 100 valence electrons. The number of benzene rings is 1. The molecule has 0 spiro atoms. The van der Waals surface area contributed by atoms with E-state index in [9.17, 15) is 4.79 Å². The summed E-state index contributed by atoms with van der Waals surface area (Å²) in [6.45, 7) is 1.96. The topological polar surface area (TPSA) is 54.9 Å². The summed E-state index contributed by atoms with van der Waals surface area (Å²) in [4.78, 5) is 20.6. The van der Waals surface area contributed by atoms with Crippen molar-refractivity contribution in [3.05, 3.63) is 59.4 Å². The highest BCUT2D eigenvalue weighted by molar-refractivity contribution is 7.20. The number of nitrogens with zero attached hydrogens (tertiary/aromatic N) is 2. The molecule has 1 amide bonds. The molecule has 0 saturated heterocycles. The van der Waals surface area contributed by atoms with E-state index in [1.165, 1.54) is 11.3 Å². The maximum atomic E-state index is 12.2. The zero-order valence-electron chi connectivity index (χ0n) is 10.9. The van der Waals surface area contributed by atoms with Crippen LogP contribution >= 0.6 is 11.3 Å². The van der Waals surface area contributed by atoms with E-state index in [1.807, 2.05) is 43.3 Å². The first-order valence-electron chi connectivity index (χ1n) is 6.30. The minimum atomic E-state index is -0.150. The van der Waals surface area contributed by atoms with Crippen LogP contribution in [0.25, 0.3) is 10.2 Å². The lowest BCUT2D eigenvalue weighted by Crippen LogP contribution is -2.26. The van der Waals surface area contributed by atoms with Crippen LogP contribution in [0.2, 0.25) is 0 Å². The molecule has 0 saturated carbocycles. The van der Waals surface area contributed by atoms with Gasteiger partial charge in [0.15, 0.2) is 5.01 Å². The highest BCUT2D eigenvalue weighted by Gasteiger charge is 2.15. The van der Waals surface area contributed by atoms with Crippen LogP contribution in [0.3, 0.4) is 0 Å². The van der Waals surface area contributed by atoms with Gasteiger partial charge >= 0.3 is 0 Å². The number of hydrogen-bond acceptors (Lipinski definition) is 4. The van der Waals surface area contributed by atoms with Crippen molar-refractivity contribution in [2.24, 2.45) is 0 Å². The Morgan fingerprint density at radius 2 is 2.05 bits per heavy atom. The van der Waals surface area contributed by atoms with E-state index in [0.717, 1.165) is 15.8 Å². The lowest BCUT2D eigenvalue weighted by molar-refractivity contribution is 0.0939. The molecule has 20 heavy (non-hydrogen) atoms. The number of rotatable bonds is 3. The summed E-state index contributed by atoms with van der Waals surface area (Å²) in [6.07, 6.45) is 3.40. The largest absolute Gasteiger partial charge is 0.343 e. The van der Waals surface area contributed by atoms with Gasteiger partial charge in [-0.15, -0.1) is 11.3 Å². The fraction of sp³-hybridized carbons (Fsp3) is 0.133. The lowest BCUT2D eigenvalue weighted by Gasteiger charge is -2.12. The summed E-state index contributed by atoms with van der Waals surface area (Å²) in [5.41, 5.74) is 1.88. The molecular formula is C15H13N3OS. The zero-order chi connectivity index (χ0) is 13.9. The van der Waals surface area contributed by atoms with Crippen molar-refractivity contribution in [2.75, 3.05) is 0 Å². The summed E-state index contributed by atoms with van der Waals surface area (Å²) in [5, 5.41) is 3.43. The maximum absolute atomic E-state index is 12.2. The van der Waals surface area contributed by atoms with E-state index in [4.69, 9.17) is 0 Å². The Morgan fingerprint density at radius 3 is 2.80 bits per heavy atom. The van der Waals surface area contributed by atoms with Crippen LogP contribution in [0.5, 0.6) is 0 Å². The Balaban J connectivity index is 1.79. The monoisotopic (exact) mass is 283 g/mol. The van der Waals surface area contributed by atoms with Crippen molar-refractivity contribution in [3.8, 4) is 0 Å². The van der Waals surface area contributed by atoms with Gasteiger partial charge in [-0.3, -0.25) is 9.78 Å². The predicted molar refractivity (Wildman–Crippen MR) is 79.7 cm³/mol. The van der Waals surface area contributed by atoms with E-state index in [2.05, 4.69) is 15.3 Å². The molecule has 0 unspecified atom stereocenters. The van der Waals surface area contributed by atoms with Gasteiger partial charge < -0.3 is 5.32 Å². The molecule has 0 aliphatic heterocycles. The number of amides is 1. The molecule has 1 aromatic carbocycles. The van der Waals surface area contributed by atoms with Gasteiger partial charge in [-0.2, -0.15) is 0 Å². The van der Waals surface area contributed by atoms with Gasteiger partial charge in [0.2, 0.25) is 0 Å². The molecule has 3 rings (SSSR count). The maximum Gasteiger partial charge on any atom is 0.280 e. The normalized spacial score (nSPS) is 12.2. The smallest absolute Gasteiger partial charge is 0.280 e. The molecule has 0 fully saturated rings. The van der Waals surface area contributed by atoms with Crippen molar-refractivity contribution in [1.29, 1.82) is 0 Å². The molecule has 1 N–H and O–H groups in total. The Hall–Kier alpha value is -2.27. The number of pyridine rings is 1. The molecule has 0 aliphatic carbocycles. The van der Waals surface area contributed by atoms with Gasteiger partial charge in [0.05, 0.1) is 16.3 Å². The molecule has 0 bridgehead atoms. The first kappa shape index (κ1) is 12.7. The van der Waals surface area contributed by atoms with Crippen LogP contribution in [0, 0.1) is 0 Å². The van der Waals surface area contributed by atoms with Crippen LogP contribution in [-0.4, -0.2) is 15.9 Å². The second-order valence-electron chi connectivity index (χ2n) is 4.47. The quantitative estimate of drug-likeness (QED) is 0.803. The summed E-state index contributed by atoms with van der Waals surface area (Å²) in [6, 6.07) is 11.6. The minimum Gasteiger partial charge on any atom is -0.343 e. The van der Waals surface area contributed by atoms with Crippen molar-refractivity contribution in [1.82, 2.24) is 15.3 Å². The molecule has 5 heteroatoms. The standard InChI is InChI=1S/C15H13N3OS/c1-10(11-5-3-2-4-6-11)17-14(19)15-18-12-7-8-16-9-13(12)20-15/h2-10H,1H3,(H,17,19)/t10-/m1/s1. The van der Waals surface area contributed by atoms with Gasteiger partial charge in [-0.1, -0.05) is 30.3 Å². The first-order chi connectivity index (χ1) is 9.74. The molecular weight excluding hydrogens is 270 g/mol. The highest BCUT2D eigenvalue weighted by Crippen LogP contribution is 2.21. The average Bonchev–Trinajstić information content (AvgIpc) is 2.92. The van der Waals surface area contributed by atoms with Crippen LogP contribution in [0.4, 0.5) is 0 Å². The fourth-order valence-electron chi connectivity index (χ4n) is 1.96. The number of hydrogen-bond donors (Lipinski definition) is 1. The Morgan fingerprint density at radius 1 is 1.25 bits per heavy atom. The third-order valence-electron chi connectivity index (χ3n) is 3.03. The SMILES string of the molecule is C[C@@H](NC(=O)c1nc2ccncc2s1)c1ccccc1. The van der Waals surface area contributed by atoms with Crippen LogP contribution < -0.4 is 5.32 Å². The number of carbonyl (C=O) groups is 1. The van der Waals surface area contributed by atoms with Crippen molar-refractivity contribution in [3.63, 3.8) is 0 Å². The number of thiazole rings is 1. The third kappa shape index (κ3) is 2.53. The number of aromatic nitrogens is 2. The second-order valence-corrected chi connectivity index (χ2v) is 5.50. The predicted octanol–water partition coefficient (Wildman–Crippen LogP) is 3.18. The van der Waals surface area contributed by atoms with Crippen LogP contribution in [0.1, 0.15) is 28.3 Å². The van der Waals surface area contributed by atoms with E-state index >= 15 is 0 Å². The molecule has 3 aromatic rings. The number of fused-ring (bicyclic) bond motifs is 1. The second kappa shape index (κ2) is 5.38. The van der Waals surface area contributed by atoms with E-state index in [1.54, 1.807) is 12.4 Å². The summed E-state index contributed by atoms with van der Waals surface area (Å²) >= 11 is 1.36. The van der Waals surface area contributed by atoms with E-state index < -0.39 is 0 Å². The summed E-state index contributed by atoms with van der Waals surface area (Å²) in [7, 11) is 0. The lowest BCUT2D eigenvalue weighted by atomic mass is 10.1. The first-order valence-corrected chi connectivity index (χ1v) is 7.12. The summed E-state index contributed by atoms with van der Waals surface area (Å²) in [5.74, 6) is -0.150. The minimum absolute atomic E-state index is 0.0474. The molecule has 0 aliphatic rings. The van der Waals surface area contributed by atoms with E-state index in [-0.39, 0.29) is 11.9 Å². The Bertz CT molecular complexity index is 706.